The molecular formula is C16H20F3N5OS. The number of halogens is 3. The van der Waals surface area contributed by atoms with E-state index in [0.717, 1.165) is 30.3 Å². The first-order chi connectivity index (χ1) is 12.3. The number of Topliss-reactive ketones (excluding diaryl/α,β-unsaturated/α-hetero) is 1. The Morgan fingerprint density at radius 1 is 1.31 bits per heavy atom. The number of carbonyl (C=O) groups is 1. The maximum Gasteiger partial charge on any atom is 0.406 e. The van der Waals surface area contributed by atoms with E-state index < -0.39 is 12.7 Å². The van der Waals surface area contributed by atoms with Crippen molar-refractivity contribution in [2.75, 3.05) is 5.75 Å². The Hall–Kier alpha value is -1.84. The predicted octanol–water partition coefficient (Wildman–Crippen LogP) is 3.74. The fourth-order valence-corrected chi connectivity index (χ4v) is 4.20. The van der Waals surface area contributed by atoms with Crippen LogP contribution in [0.4, 0.5) is 13.2 Å². The zero-order valence-corrected chi connectivity index (χ0v) is 15.4. The van der Waals surface area contributed by atoms with Crippen molar-refractivity contribution in [2.45, 2.75) is 63.5 Å². The molecular weight excluding hydrogens is 367 g/mol. The normalized spacial score (nSPS) is 15.7. The largest absolute Gasteiger partial charge is 0.406 e. The van der Waals surface area contributed by atoms with Crippen molar-refractivity contribution in [3.05, 3.63) is 23.0 Å². The maximum absolute atomic E-state index is 12.7. The highest BCUT2D eigenvalue weighted by Crippen LogP contribution is 2.32. The lowest BCUT2D eigenvalue weighted by Crippen LogP contribution is -2.19. The third kappa shape index (κ3) is 4.11. The third-order valence-electron chi connectivity index (χ3n) is 4.68. The van der Waals surface area contributed by atoms with Gasteiger partial charge < -0.3 is 4.57 Å². The third-order valence-corrected chi connectivity index (χ3v) is 5.61. The van der Waals surface area contributed by atoms with Crippen LogP contribution in [-0.4, -0.2) is 42.5 Å². The lowest BCUT2D eigenvalue weighted by atomic mass is 10.2. The monoisotopic (exact) mass is 387 g/mol. The Balaban J connectivity index is 1.70. The molecule has 0 aliphatic heterocycles. The summed E-state index contributed by atoms with van der Waals surface area (Å²) in [5.41, 5.74) is 1.07. The van der Waals surface area contributed by atoms with E-state index in [2.05, 4.69) is 15.5 Å². The van der Waals surface area contributed by atoms with Crippen molar-refractivity contribution in [1.82, 2.24) is 24.8 Å². The van der Waals surface area contributed by atoms with Crippen molar-refractivity contribution in [2.24, 2.45) is 0 Å². The van der Waals surface area contributed by atoms with Crippen LogP contribution in [0, 0.1) is 13.8 Å². The second kappa shape index (κ2) is 7.42. The van der Waals surface area contributed by atoms with Crippen LogP contribution in [0.1, 0.15) is 53.5 Å². The van der Waals surface area contributed by atoms with E-state index >= 15 is 0 Å². The molecule has 26 heavy (non-hydrogen) atoms. The summed E-state index contributed by atoms with van der Waals surface area (Å²) in [5, 5.41) is 12.3. The topological polar surface area (TPSA) is 65.6 Å². The summed E-state index contributed by atoms with van der Waals surface area (Å²) in [5.74, 6) is -0.138. The van der Waals surface area contributed by atoms with E-state index in [4.69, 9.17) is 0 Å². The van der Waals surface area contributed by atoms with Crippen LogP contribution >= 0.6 is 11.8 Å². The van der Waals surface area contributed by atoms with Crippen LogP contribution in [0.25, 0.3) is 0 Å². The summed E-state index contributed by atoms with van der Waals surface area (Å²) < 4.78 is 41.0. The standard InChI is InChI=1S/C16H20F3N5OS/c1-10-7-13(11(2)23(10)9-16(17,18)19)14(25)8-26-15-20-21-22-24(15)12-5-3-4-6-12/h7,12H,3-6,8-9H2,1-2H3. The van der Waals surface area contributed by atoms with Crippen molar-refractivity contribution in [1.29, 1.82) is 0 Å². The zero-order chi connectivity index (χ0) is 18.9. The number of carbonyl (C=O) groups excluding carboxylic acids is 1. The number of rotatable bonds is 6. The van der Waals surface area contributed by atoms with Crippen molar-refractivity contribution < 1.29 is 18.0 Å². The van der Waals surface area contributed by atoms with Gasteiger partial charge in [-0.15, -0.1) is 5.10 Å². The highest BCUT2D eigenvalue weighted by Gasteiger charge is 2.30. The Kier molecular flexibility index (Phi) is 5.40. The first kappa shape index (κ1) is 18.9. The van der Waals surface area contributed by atoms with Gasteiger partial charge in [0, 0.05) is 17.0 Å². The van der Waals surface area contributed by atoms with Gasteiger partial charge in [-0.3, -0.25) is 4.79 Å². The second-order valence-electron chi connectivity index (χ2n) is 6.54. The average molecular weight is 387 g/mol. The number of ketones is 1. The minimum absolute atomic E-state index is 0.0867. The number of tetrazole rings is 1. The second-order valence-corrected chi connectivity index (χ2v) is 7.48. The lowest BCUT2D eigenvalue weighted by Gasteiger charge is -2.12. The predicted molar refractivity (Wildman–Crippen MR) is 90.3 cm³/mol. The number of nitrogens with zero attached hydrogens (tertiary/aromatic N) is 5. The summed E-state index contributed by atoms with van der Waals surface area (Å²) >= 11 is 1.23. The molecule has 0 aromatic carbocycles. The van der Waals surface area contributed by atoms with E-state index in [1.165, 1.54) is 17.8 Å². The molecule has 0 radical (unpaired) electrons. The molecule has 0 bridgehead atoms. The van der Waals surface area contributed by atoms with E-state index in [0.29, 0.717) is 22.1 Å². The maximum atomic E-state index is 12.7. The molecule has 0 spiro atoms. The number of alkyl halides is 3. The minimum atomic E-state index is -4.33. The number of hydrogen-bond acceptors (Lipinski definition) is 5. The van der Waals surface area contributed by atoms with Crippen LogP contribution < -0.4 is 0 Å². The Morgan fingerprint density at radius 3 is 2.65 bits per heavy atom. The molecule has 2 aromatic rings. The van der Waals surface area contributed by atoms with Gasteiger partial charge in [0.1, 0.15) is 6.54 Å². The van der Waals surface area contributed by atoms with Gasteiger partial charge in [0.15, 0.2) is 5.78 Å². The molecule has 1 aliphatic rings. The molecule has 0 saturated heterocycles. The van der Waals surface area contributed by atoms with Crippen LogP contribution in [-0.2, 0) is 6.54 Å². The molecule has 3 rings (SSSR count). The Bertz CT molecular complexity index is 792. The van der Waals surface area contributed by atoms with Gasteiger partial charge in [-0.25, -0.2) is 4.68 Å². The molecule has 1 saturated carbocycles. The van der Waals surface area contributed by atoms with Crippen LogP contribution in [0.2, 0.25) is 0 Å². The molecule has 0 N–H and O–H groups in total. The number of thioether (sulfide) groups is 1. The molecule has 2 aromatic heterocycles. The van der Waals surface area contributed by atoms with Gasteiger partial charge in [0.25, 0.3) is 0 Å². The van der Waals surface area contributed by atoms with Gasteiger partial charge >= 0.3 is 6.18 Å². The Labute approximate surface area is 153 Å². The summed E-state index contributed by atoms with van der Waals surface area (Å²) in [7, 11) is 0. The van der Waals surface area contributed by atoms with Gasteiger partial charge in [-0.2, -0.15) is 13.2 Å². The van der Waals surface area contributed by atoms with E-state index in [9.17, 15) is 18.0 Å². The number of aromatic nitrogens is 5. The van der Waals surface area contributed by atoms with Gasteiger partial charge in [-0.1, -0.05) is 24.6 Å². The first-order valence-electron chi connectivity index (χ1n) is 8.43. The highest BCUT2D eigenvalue weighted by atomic mass is 32.2. The van der Waals surface area contributed by atoms with Crippen LogP contribution in [0.3, 0.4) is 0 Å². The first-order valence-corrected chi connectivity index (χ1v) is 9.42. The van der Waals surface area contributed by atoms with Gasteiger partial charge in [-0.05, 0) is 43.2 Å². The summed E-state index contributed by atoms with van der Waals surface area (Å²) in [4.78, 5) is 12.5. The summed E-state index contributed by atoms with van der Waals surface area (Å²) in [6, 6.07) is 1.78. The van der Waals surface area contributed by atoms with Crippen molar-refractivity contribution >= 4 is 17.5 Å². The van der Waals surface area contributed by atoms with Gasteiger partial charge in [0.2, 0.25) is 5.16 Å². The zero-order valence-electron chi connectivity index (χ0n) is 14.6. The van der Waals surface area contributed by atoms with E-state index in [1.54, 1.807) is 18.5 Å². The SMILES string of the molecule is Cc1cc(C(=O)CSc2nnnn2C2CCCC2)c(C)n1CC(F)(F)F. The molecule has 1 fully saturated rings. The number of hydrogen-bond donors (Lipinski definition) is 0. The van der Waals surface area contributed by atoms with Crippen molar-refractivity contribution in [3.63, 3.8) is 0 Å². The lowest BCUT2D eigenvalue weighted by molar-refractivity contribution is -0.141. The smallest absolute Gasteiger partial charge is 0.339 e. The highest BCUT2D eigenvalue weighted by molar-refractivity contribution is 7.99. The quantitative estimate of drug-likeness (QED) is 0.558. The van der Waals surface area contributed by atoms with E-state index in [-0.39, 0.29) is 17.6 Å². The fourth-order valence-electron chi connectivity index (χ4n) is 3.37. The summed E-state index contributed by atoms with van der Waals surface area (Å²) in [6.07, 6.45) is -0.0131. The molecule has 6 nitrogen and oxygen atoms in total. The molecule has 0 amide bonds. The number of aryl methyl sites for hydroxylation is 1. The van der Waals surface area contributed by atoms with Crippen LogP contribution in [0.15, 0.2) is 11.2 Å². The fraction of sp³-hybridized carbons (Fsp3) is 0.625. The molecule has 10 heteroatoms. The minimum Gasteiger partial charge on any atom is -0.339 e. The molecule has 142 valence electrons. The molecule has 2 heterocycles. The van der Waals surface area contributed by atoms with Crippen molar-refractivity contribution in [3.8, 4) is 0 Å². The molecule has 0 unspecified atom stereocenters. The van der Waals surface area contributed by atoms with Gasteiger partial charge in [0.05, 0.1) is 11.8 Å². The van der Waals surface area contributed by atoms with Crippen LogP contribution in [0.5, 0.6) is 0 Å². The van der Waals surface area contributed by atoms with E-state index in [1.807, 2.05) is 0 Å². The Morgan fingerprint density at radius 2 is 2.00 bits per heavy atom. The summed E-state index contributed by atoms with van der Waals surface area (Å²) in [6.45, 7) is 2.02. The average Bonchev–Trinajstić information content (AvgIpc) is 3.27. The molecule has 0 atom stereocenters. The molecule has 1 aliphatic carbocycles.